The molecule has 0 saturated heterocycles. The first-order valence-corrected chi connectivity index (χ1v) is 7.98. The fourth-order valence-corrected chi connectivity index (χ4v) is 2.68. The van der Waals surface area contributed by atoms with E-state index in [0.717, 1.165) is 11.3 Å². The maximum absolute atomic E-state index is 12.8. The van der Waals surface area contributed by atoms with Gasteiger partial charge in [-0.3, -0.25) is 4.79 Å². The minimum Gasteiger partial charge on any atom is -0.496 e. The van der Waals surface area contributed by atoms with Crippen LogP contribution in [0.2, 0.25) is 0 Å². The van der Waals surface area contributed by atoms with Crippen LogP contribution in [0.1, 0.15) is 23.0 Å². The molecule has 25 heavy (non-hydrogen) atoms. The Labute approximate surface area is 146 Å². The smallest absolute Gasteiger partial charge is 0.276 e. The van der Waals surface area contributed by atoms with Crippen molar-refractivity contribution in [1.29, 1.82) is 0 Å². The first-order chi connectivity index (χ1) is 12.1. The number of carbonyl (C=O) groups is 1. The Morgan fingerprint density at radius 2 is 2.04 bits per heavy atom. The molecule has 2 aromatic heterocycles. The predicted molar refractivity (Wildman–Crippen MR) is 92.5 cm³/mol. The van der Waals surface area contributed by atoms with Crippen molar-refractivity contribution in [2.75, 3.05) is 14.2 Å². The molecule has 3 aromatic rings. The number of likely N-dealkylation sites (N-methyl/N-ethyl adjacent to an activating group) is 1. The van der Waals surface area contributed by atoms with Gasteiger partial charge in [0.05, 0.1) is 13.4 Å². The van der Waals surface area contributed by atoms with Crippen LogP contribution >= 0.6 is 0 Å². The molecule has 0 N–H and O–H groups in total. The molecule has 0 aliphatic rings. The Hall–Kier alpha value is -3.02. The summed E-state index contributed by atoms with van der Waals surface area (Å²) >= 11 is 0. The molecule has 1 amide bonds. The monoisotopic (exact) mass is 340 g/mol. The van der Waals surface area contributed by atoms with Gasteiger partial charge in [0, 0.05) is 13.1 Å². The van der Waals surface area contributed by atoms with E-state index in [1.165, 1.54) is 12.7 Å². The number of nitrogens with zero attached hydrogens (tertiary/aromatic N) is 2. The molecule has 0 unspecified atom stereocenters. The van der Waals surface area contributed by atoms with Crippen molar-refractivity contribution in [3.63, 3.8) is 0 Å². The van der Waals surface area contributed by atoms with Gasteiger partial charge in [-0.1, -0.05) is 18.2 Å². The van der Waals surface area contributed by atoms with Gasteiger partial charge < -0.3 is 18.5 Å². The molecular weight excluding hydrogens is 320 g/mol. The standard InChI is InChI=1S/C19H20N2O4/c1-13(11-14-7-4-5-8-15(14)23-3)21(2)19(22)17-18(25-12-20-17)16-9-6-10-24-16/h4-10,12-13H,11H2,1-3H3/t13-/m0/s1. The Kier molecular flexibility index (Phi) is 4.88. The molecule has 0 bridgehead atoms. The van der Waals surface area contributed by atoms with Crippen molar-refractivity contribution < 1.29 is 18.4 Å². The van der Waals surface area contributed by atoms with E-state index >= 15 is 0 Å². The molecule has 0 saturated carbocycles. The van der Waals surface area contributed by atoms with Crippen LogP contribution in [0.5, 0.6) is 5.75 Å². The molecule has 0 radical (unpaired) electrons. The number of benzene rings is 1. The van der Waals surface area contributed by atoms with Crippen LogP contribution in [0.3, 0.4) is 0 Å². The Morgan fingerprint density at radius 3 is 2.76 bits per heavy atom. The zero-order valence-electron chi connectivity index (χ0n) is 14.4. The summed E-state index contributed by atoms with van der Waals surface area (Å²) in [7, 11) is 3.40. The van der Waals surface area contributed by atoms with Crippen molar-refractivity contribution in [2.45, 2.75) is 19.4 Å². The average Bonchev–Trinajstić information content (AvgIpc) is 3.31. The highest BCUT2D eigenvalue weighted by Crippen LogP contribution is 2.26. The summed E-state index contributed by atoms with van der Waals surface area (Å²) in [5, 5.41) is 0. The number of rotatable bonds is 6. The lowest BCUT2D eigenvalue weighted by Crippen LogP contribution is -2.37. The van der Waals surface area contributed by atoms with E-state index in [9.17, 15) is 4.79 Å². The van der Waals surface area contributed by atoms with Crippen molar-refractivity contribution in [3.05, 3.63) is 60.3 Å². The lowest BCUT2D eigenvalue weighted by molar-refractivity contribution is 0.0738. The van der Waals surface area contributed by atoms with Crippen LogP contribution in [-0.4, -0.2) is 36.0 Å². The van der Waals surface area contributed by atoms with E-state index in [2.05, 4.69) is 4.98 Å². The maximum Gasteiger partial charge on any atom is 0.276 e. The summed E-state index contributed by atoms with van der Waals surface area (Å²) in [6, 6.07) is 11.2. The van der Waals surface area contributed by atoms with Crippen molar-refractivity contribution in [3.8, 4) is 17.3 Å². The second-order valence-electron chi connectivity index (χ2n) is 5.79. The number of methoxy groups -OCH3 is 1. The topological polar surface area (TPSA) is 68.7 Å². The molecule has 0 aliphatic carbocycles. The number of ether oxygens (including phenoxy) is 1. The molecular formula is C19H20N2O4. The minimum atomic E-state index is -0.220. The van der Waals surface area contributed by atoms with Crippen LogP contribution in [0.15, 0.2) is 57.9 Å². The van der Waals surface area contributed by atoms with Crippen molar-refractivity contribution >= 4 is 5.91 Å². The van der Waals surface area contributed by atoms with Gasteiger partial charge in [-0.2, -0.15) is 0 Å². The summed E-state index contributed by atoms with van der Waals surface area (Å²) in [4.78, 5) is 18.6. The lowest BCUT2D eigenvalue weighted by atomic mass is 10.0. The van der Waals surface area contributed by atoms with Crippen LogP contribution in [0, 0.1) is 0 Å². The molecule has 6 nitrogen and oxygen atoms in total. The number of furan rings is 1. The third kappa shape index (κ3) is 3.42. The maximum atomic E-state index is 12.8. The molecule has 6 heteroatoms. The number of carbonyl (C=O) groups excluding carboxylic acids is 1. The summed E-state index contributed by atoms with van der Waals surface area (Å²) in [6.45, 7) is 1.98. The summed E-state index contributed by atoms with van der Waals surface area (Å²) < 4.78 is 16.0. The number of hydrogen-bond donors (Lipinski definition) is 0. The van der Waals surface area contributed by atoms with Crippen LogP contribution in [-0.2, 0) is 6.42 Å². The number of hydrogen-bond acceptors (Lipinski definition) is 5. The molecule has 0 spiro atoms. The van der Waals surface area contributed by atoms with Gasteiger partial charge in [-0.25, -0.2) is 4.98 Å². The molecule has 0 fully saturated rings. The fraction of sp³-hybridized carbons (Fsp3) is 0.263. The Morgan fingerprint density at radius 1 is 1.24 bits per heavy atom. The SMILES string of the molecule is COc1ccccc1C[C@H](C)N(C)C(=O)c1ncoc1-c1ccco1. The van der Waals surface area contributed by atoms with Crippen molar-refractivity contribution in [2.24, 2.45) is 0 Å². The molecule has 130 valence electrons. The van der Waals surface area contributed by atoms with Gasteiger partial charge in [0.15, 0.2) is 17.8 Å². The largest absolute Gasteiger partial charge is 0.496 e. The molecule has 0 aliphatic heterocycles. The van der Waals surface area contributed by atoms with E-state index in [4.69, 9.17) is 13.6 Å². The second-order valence-corrected chi connectivity index (χ2v) is 5.79. The molecule has 2 heterocycles. The van der Waals surface area contributed by atoms with Gasteiger partial charge >= 0.3 is 0 Å². The predicted octanol–water partition coefficient (Wildman–Crippen LogP) is 3.65. The number of oxazole rings is 1. The molecule has 1 aromatic carbocycles. The second kappa shape index (κ2) is 7.25. The highest BCUT2D eigenvalue weighted by atomic mass is 16.5. The van der Waals surface area contributed by atoms with Crippen LogP contribution in [0.25, 0.3) is 11.5 Å². The zero-order valence-corrected chi connectivity index (χ0v) is 14.4. The van der Waals surface area contributed by atoms with Crippen LogP contribution < -0.4 is 4.74 Å². The van der Waals surface area contributed by atoms with Gasteiger partial charge in [-0.15, -0.1) is 0 Å². The first-order valence-electron chi connectivity index (χ1n) is 7.98. The number of para-hydroxylation sites is 1. The van der Waals surface area contributed by atoms with Gasteiger partial charge in [-0.05, 0) is 37.1 Å². The third-order valence-electron chi connectivity index (χ3n) is 4.20. The fourth-order valence-electron chi connectivity index (χ4n) is 2.68. The average molecular weight is 340 g/mol. The number of aromatic nitrogens is 1. The third-order valence-corrected chi connectivity index (χ3v) is 4.20. The highest BCUT2D eigenvalue weighted by molar-refractivity contribution is 5.97. The quantitative estimate of drug-likeness (QED) is 0.685. The van der Waals surface area contributed by atoms with E-state index in [1.54, 1.807) is 31.2 Å². The van der Waals surface area contributed by atoms with E-state index in [0.29, 0.717) is 17.9 Å². The summed E-state index contributed by atoms with van der Waals surface area (Å²) in [5.41, 5.74) is 1.29. The minimum absolute atomic E-state index is 0.0510. The summed E-state index contributed by atoms with van der Waals surface area (Å²) in [6.07, 6.45) is 3.45. The van der Waals surface area contributed by atoms with E-state index < -0.39 is 0 Å². The summed E-state index contributed by atoms with van der Waals surface area (Å²) in [5.74, 6) is 1.41. The Balaban J connectivity index is 1.78. The van der Waals surface area contributed by atoms with Gasteiger partial charge in [0.25, 0.3) is 5.91 Å². The van der Waals surface area contributed by atoms with Crippen LogP contribution in [0.4, 0.5) is 0 Å². The molecule has 1 atom stereocenters. The van der Waals surface area contributed by atoms with Gasteiger partial charge in [0.2, 0.25) is 5.76 Å². The normalized spacial score (nSPS) is 12.0. The van der Waals surface area contributed by atoms with Gasteiger partial charge in [0.1, 0.15) is 5.75 Å². The number of amides is 1. The van der Waals surface area contributed by atoms with E-state index in [-0.39, 0.29) is 17.6 Å². The van der Waals surface area contributed by atoms with E-state index in [1.807, 2.05) is 31.2 Å². The zero-order chi connectivity index (χ0) is 17.8. The first kappa shape index (κ1) is 16.8. The lowest BCUT2D eigenvalue weighted by Gasteiger charge is -2.25. The van der Waals surface area contributed by atoms with Crippen molar-refractivity contribution in [1.82, 2.24) is 9.88 Å². The highest BCUT2D eigenvalue weighted by Gasteiger charge is 2.26. The molecule has 3 rings (SSSR count). The Bertz CT molecular complexity index is 839.